The van der Waals surface area contributed by atoms with Crippen LogP contribution in [0.3, 0.4) is 0 Å². The summed E-state index contributed by atoms with van der Waals surface area (Å²) in [6.07, 6.45) is 0. The normalized spacial score (nSPS) is 5.25. The Morgan fingerprint density at radius 2 is 1.38 bits per heavy atom. The fraction of sp³-hybridized carbons (Fsp3) is 0.667. The second-order valence-electron chi connectivity index (χ2n) is 0.539. The fourth-order valence-electron chi connectivity index (χ4n) is 0. The second kappa shape index (κ2) is 24.4. The van der Waals surface area contributed by atoms with Crippen molar-refractivity contribution in [1.82, 2.24) is 0 Å². The largest absolute Gasteiger partial charge is 1.00 e. The third-order valence-corrected chi connectivity index (χ3v) is 0.1000. The van der Waals surface area contributed by atoms with Gasteiger partial charge in [-0.3, -0.25) is 0 Å². The van der Waals surface area contributed by atoms with E-state index in [2.05, 4.69) is 0 Å². The van der Waals surface area contributed by atoms with E-state index in [1.165, 1.54) is 0 Å². The predicted octanol–water partition coefficient (Wildman–Crippen LogP) is -4.41. The molecule has 0 saturated heterocycles. The fourth-order valence-corrected chi connectivity index (χ4v) is 0. The first-order valence-electron chi connectivity index (χ1n) is 1.56. The minimum atomic E-state index is -0.125. The van der Waals surface area contributed by atoms with Gasteiger partial charge in [0, 0.05) is 0 Å². The quantitative estimate of drug-likeness (QED) is 0.258. The van der Waals surface area contributed by atoms with Crippen molar-refractivity contribution >= 4 is 6.47 Å². The first-order valence-corrected chi connectivity index (χ1v) is 1.56. The van der Waals surface area contributed by atoms with Crippen LogP contribution in [-0.2, 0) is 4.79 Å². The summed E-state index contributed by atoms with van der Waals surface area (Å²) >= 11 is 0. The van der Waals surface area contributed by atoms with Gasteiger partial charge in [-0.05, 0) is 0 Å². The minimum Gasteiger partial charge on any atom is -0.665 e. The number of rotatable bonds is 1. The van der Waals surface area contributed by atoms with Crippen LogP contribution >= 0.6 is 0 Å². The molecule has 0 aliphatic carbocycles. The molecular formula is C3H7KO4. The van der Waals surface area contributed by atoms with Gasteiger partial charge in [0.05, 0.1) is 13.2 Å². The van der Waals surface area contributed by atoms with E-state index in [-0.39, 0.29) is 64.6 Å². The van der Waals surface area contributed by atoms with E-state index in [1.54, 1.807) is 0 Å². The molecule has 0 saturated carbocycles. The molecule has 0 atom stereocenters. The molecule has 0 aromatic rings. The number of aliphatic hydroxyl groups excluding tert-OH is 3. The maximum atomic E-state index is 8.24. The van der Waals surface area contributed by atoms with Crippen LogP contribution in [0.15, 0.2) is 0 Å². The van der Waals surface area contributed by atoms with Crippen molar-refractivity contribution < 1.29 is 71.5 Å². The van der Waals surface area contributed by atoms with Gasteiger partial charge in [0.2, 0.25) is 0 Å². The number of hydrogen-bond acceptors (Lipinski definition) is 3. The molecule has 0 heterocycles. The summed E-state index contributed by atoms with van der Waals surface area (Å²) in [5.74, 6) is 0. The monoisotopic (exact) mass is 146 g/mol. The predicted molar refractivity (Wildman–Crippen MR) is 22.5 cm³/mol. The van der Waals surface area contributed by atoms with Gasteiger partial charge < -0.3 is 20.1 Å². The molecule has 0 aliphatic rings. The summed E-state index contributed by atoms with van der Waals surface area (Å²) in [5.41, 5.74) is 0. The Morgan fingerprint density at radius 3 is 1.38 bits per heavy atom. The van der Waals surface area contributed by atoms with Gasteiger partial charge in [0.15, 0.2) is 0 Å². The van der Waals surface area contributed by atoms with Crippen molar-refractivity contribution in [2.24, 2.45) is 0 Å². The molecule has 3 N–H and O–H groups in total. The molecule has 5 heteroatoms. The summed E-state index contributed by atoms with van der Waals surface area (Å²) < 4.78 is 0. The van der Waals surface area contributed by atoms with Crippen LogP contribution < -0.4 is 51.4 Å². The zero-order chi connectivity index (χ0) is 6.12. The Kier molecular flexibility index (Phi) is 48.9. The molecule has 0 aromatic carbocycles. The van der Waals surface area contributed by atoms with E-state index in [4.69, 9.17) is 20.1 Å². The van der Waals surface area contributed by atoms with Crippen molar-refractivity contribution in [3.05, 3.63) is 0 Å². The van der Waals surface area contributed by atoms with E-state index in [1.807, 2.05) is 0 Å². The van der Waals surface area contributed by atoms with Crippen LogP contribution in [0, 0.1) is 0 Å². The SMILES string of the molecule is O=[C-]O.OCCO.[K+]. The minimum absolute atomic E-state index is 0. The van der Waals surface area contributed by atoms with Crippen LogP contribution in [-0.4, -0.2) is 35.0 Å². The van der Waals surface area contributed by atoms with Gasteiger partial charge in [-0.1, -0.05) is 6.47 Å². The Labute approximate surface area is 89.9 Å². The average Bonchev–Trinajstić information content (AvgIpc) is 1.69. The van der Waals surface area contributed by atoms with Gasteiger partial charge in [-0.2, -0.15) is 0 Å². The van der Waals surface area contributed by atoms with Gasteiger partial charge in [0.25, 0.3) is 0 Å². The van der Waals surface area contributed by atoms with Crippen LogP contribution in [0.2, 0.25) is 0 Å². The molecule has 0 aliphatic heterocycles. The maximum Gasteiger partial charge on any atom is 1.00 e. The van der Waals surface area contributed by atoms with Gasteiger partial charge in [-0.15, -0.1) is 0 Å². The summed E-state index contributed by atoms with van der Waals surface area (Å²) in [7, 11) is 0. The molecule has 44 valence electrons. The third kappa shape index (κ3) is 62.1. The first kappa shape index (κ1) is 16.0. The van der Waals surface area contributed by atoms with E-state index < -0.39 is 0 Å². The van der Waals surface area contributed by atoms with Gasteiger partial charge in [0.1, 0.15) is 0 Å². The van der Waals surface area contributed by atoms with E-state index in [0.29, 0.717) is 6.47 Å². The summed E-state index contributed by atoms with van der Waals surface area (Å²) in [4.78, 5) is 8.24. The first-order chi connectivity index (χ1) is 3.33. The molecule has 0 spiro atoms. The third-order valence-electron chi connectivity index (χ3n) is 0.1000. The van der Waals surface area contributed by atoms with Crippen LogP contribution in [0.1, 0.15) is 0 Å². The van der Waals surface area contributed by atoms with Gasteiger partial charge >= 0.3 is 51.4 Å². The smallest absolute Gasteiger partial charge is 0.665 e. The molecule has 0 fully saturated rings. The molecule has 4 nitrogen and oxygen atoms in total. The van der Waals surface area contributed by atoms with Crippen molar-refractivity contribution in [1.29, 1.82) is 0 Å². The van der Waals surface area contributed by atoms with Crippen molar-refractivity contribution in [2.75, 3.05) is 13.2 Å². The molecule has 0 rings (SSSR count). The molecular weight excluding hydrogens is 139 g/mol. The summed E-state index contributed by atoms with van der Waals surface area (Å²) in [6.45, 7) is 0.250. The van der Waals surface area contributed by atoms with Crippen LogP contribution in [0.4, 0.5) is 0 Å². The topological polar surface area (TPSA) is 77.8 Å². The standard InChI is InChI=1S/C2H6O2.CHO2.K/c3-1-2-4;2-1-3;/h3-4H,1-2H2;(H,2,3);/q;-1;+1. The second-order valence-corrected chi connectivity index (χ2v) is 0.539. The van der Waals surface area contributed by atoms with Crippen molar-refractivity contribution in [3.63, 3.8) is 0 Å². The Balaban J connectivity index is -0.0000000575. The van der Waals surface area contributed by atoms with Crippen LogP contribution in [0.5, 0.6) is 0 Å². The Bertz CT molecular complexity index is 30.5. The van der Waals surface area contributed by atoms with Crippen LogP contribution in [0.25, 0.3) is 0 Å². The Morgan fingerprint density at radius 1 is 1.25 bits per heavy atom. The summed E-state index contributed by atoms with van der Waals surface area (Å²) in [6, 6.07) is 0. The molecule has 0 bridgehead atoms. The molecule has 0 unspecified atom stereocenters. The Hall–Kier alpha value is 1.03. The van der Waals surface area contributed by atoms with Crippen molar-refractivity contribution in [3.8, 4) is 0 Å². The maximum absolute atomic E-state index is 8.24. The van der Waals surface area contributed by atoms with Gasteiger partial charge in [-0.25, -0.2) is 0 Å². The summed E-state index contributed by atoms with van der Waals surface area (Å²) in [5, 5.41) is 22.0. The molecule has 0 aromatic heterocycles. The zero-order valence-corrected chi connectivity index (χ0v) is 7.79. The number of hydrogen-bond donors (Lipinski definition) is 3. The molecule has 8 heavy (non-hydrogen) atoms. The zero-order valence-electron chi connectivity index (χ0n) is 4.66. The van der Waals surface area contributed by atoms with E-state index in [0.717, 1.165) is 0 Å². The van der Waals surface area contributed by atoms with E-state index >= 15 is 0 Å². The molecule has 0 amide bonds. The average molecular weight is 146 g/mol. The molecule has 0 radical (unpaired) electrons. The number of aliphatic hydroxyl groups is 2. The van der Waals surface area contributed by atoms with Crippen molar-refractivity contribution in [2.45, 2.75) is 0 Å². The van der Waals surface area contributed by atoms with E-state index in [9.17, 15) is 0 Å².